The van der Waals surface area contributed by atoms with Crippen molar-refractivity contribution in [3.8, 4) is 0 Å². The fraction of sp³-hybridized carbons (Fsp3) is 0.333. The van der Waals surface area contributed by atoms with E-state index in [4.69, 9.17) is 0 Å². The second kappa shape index (κ2) is 1.76. The van der Waals surface area contributed by atoms with E-state index in [9.17, 15) is 4.79 Å². The lowest BCUT2D eigenvalue weighted by atomic mass is 10.5. The van der Waals surface area contributed by atoms with Crippen molar-refractivity contribution in [3.05, 3.63) is 6.42 Å². The van der Waals surface area contributed by atoms with Gasteiger partial charge in [-0.15, -0.1) is 0 Å². The molecule has 0 aliphatic carbocycles. The summed E-state index contributed by atoms with van der Waals surface area (Å²) in [6.45, 7) is 1.60. The van der Waals surface area contributed by atoms with Crippen molar-refractivity contribution in [1.82, 2.24) is 0 Å². The lowest BCUT2D eigenvalue weighted by Gasteiger charge is -1.72. The maximum absolute atomic E-state index is 9.53. The molecule has 0 bridgehead atoms. The highest BCUT2D eigenvalue weighted by atomic mass is 16.1. The van der Waals surface area contributed by atoms with Gasteiger partial charge in [-0.3, -0.25) is 4.79 Å². The molecule has 1 amide bonds. The van der Waals surface area contributed by atoms with Crippen LogP contribution in [-0.2, 0) is 4.79 Å². The largest absolute Gasteiger partial charge is 0.369 e. The number of carbonyl (C=O) groups is 1. The van der Waals surface area contributed by atoms with E-state index in [-0.39, 0.29) is 5.91 Å². The highest BCUT2D eigenvalue weighted by molar-refractivity contribution is 5.82. The Morgan fingerprint density at radius 1 is 2.00 bits per heavy atom. The van der Waals surface area contributed by atoms with Crippen LogP contribution in [0.2, 0.25) is 0 Å². The Morgan fingerprint density at radius 3 is 2.20 bits per heavy atom. The second-order valence-electron chi connectivity index (χ2n) is 0.691. The Morgan fingerprint density at radius 2 is 2.20 bits per heavy atom. The molecular weight excluding hydrogens is 66.0 g/mol. The number of rotatable bonds is 1. The molecule has 0 rings (SSSR count). The molecule has 0 aliphatic rings. The number of hydrogen-bond donors (Lipinski definition) is 1. The van der Waals surface area contributed by atoms with E-state index >= 15 is 0 Å². The summed E-state index contributed by atoms with van der Waals surface area (Å²) in [5, 5.41) is 0. The minimum atomic E-state index is -0.370. The van der Waals surface area contributed by atoms with E-state index in [1.165, 1.54) is 6.42 Å². The van der Waals surface area contributed by atoms with Crippen LogP contribution in [0.25, 0.3) is 0 Å². The van der Waals surface area contributed by atoms with E-state index in [0.717, 1.165) is 0 Å². The molecule has 2 N–H and O–H groups in total. The zero-order valence-corrected chi connectivity index (χ0v) is 3.06. The van der Waals surface area contributed by atoms with Gasteiger partial charge in [0.05, 0.1) is 0 Å². The predicted octanol–water partition coefficient (Wildman–Crippen LogP) is -0.304. The van der Waals surface area contributed by atoms with Crippen LogP contribution in [0.15, 0.2) is 0 Å². The number of nitrogens with two attached hydrogens (primary N) is 1. The summed E-state index contributed by atoms with van der Waals surface area (Å²) in [5.41, 5.74) is 4.60. The van der Waals surface area contributed by atoms with E-state index in [1.807, 2.05) is 0 Å². The van der Waals surface area contributed by atoms with Gasteiger partial charge in [-0.05, 0) is 0 Å². The number of hydrogen-bond acceptors (Lipinski definition) is 1. The molecule has 0 spiro atoms. The summed E-state index contributed by atoms with van der Waals surface area (Å²) >= 11 is 0. The Kier molecular flexibility index (Phi) is 1.57. The van der Waals surface area contributed by atoms with Gasteiger partial charge >= 0.3 is 0 Å². The molecule has 0 fully saturated rings. The maximum atomic E-state index is 9.53. The van der Waals surface area contributed by atoms with Gasteiger partial charge in [0.25, 0.3) is 0 Å². The molecule has 0 heterocycles. The molecule has 0 aromatic carbocycles. The third kappa shape index (κ3) is 3.47. The lowest BCUT2D eigenvalue weighted by molar-refractivity contribution is -0.114. The van der Waals surface area contributed by atoms with Crippen LogP contribution in [0.5, 0.6) is 0 Å². The Hall–Kier alpha value is -0.530. The van der Waals surface area contributed by atoms with Crippen LogP contribution < -0.4 is 5.73 Å². The summed E-state index contributed by atoms with van der Waals surface area (Å²) in [7, 11) is 0. The molecule has 0 aromatic heterocycles. The van der Waals surface area contributed by atoms with Gasteiger partial charge in [-0.25, -0.2) is 0 Å². The molecule has 0 aromatic rings. The normalized spacial score (nSPS) is 7.40. The number of amides is 1. The van der Waals surface area contributed by atoms with Crippen molar-refractivity contribution in [3.63, 3.8) is 0 Å². The third-order valence-electron chi connectivity index (χ3n) is 0.285. The minimum absolute atomic E-state index is 0.370. The molecule has 1 radical (unpaired) electrons. The van der Waals surface area contributed by atoms with Crippen LogP contribution in [0, 0.1) is 6.42 Å². The van der Waals surface area contributed by atoms with E-state index in [0.29, 0.717) is 0 Å². The fourth-order valence-corrected chi connectivity index (χ4v) is 0. The zero-order valence-electron chi connectivity index (χ0n) is 3.06. The maximum Gasteiger partial charge on any atom is 0.221 e. The van der Waals surface area contributed by atoms with Gasteiger partial charge in [0.15, 0.2) is 0 Å². The van der Waals surface area contributed by atoms with Crippen LogP contribution in [0.4, 0.5) is 0 Å². The second-order valence-corrected chi connectivity index (χ2v) is 0.691. The molecule has 0 aliphatic heterocycles. The topological polar surface area (TPSA) is 43.1 Å². The molecule has 2 heteroatoms. The first-order valence-electron chi connectivity index (χ1n) is 1.36. The number of primary amides is 1. The fourth-order valence-electron chi connectivity index (χ4n) is 0. The highest BCUT2D eigenvalue weighted by Gasteiger charge is 1.78. The summed E-state index contributed by atoms with van der Waals surface area (Å²) < 4.78 is 0. The van der Waals surface area contributed by atoms with Gasteiger partial charge in [-0.1, -0.05) is 6.92 Å². The zero-order chi connectivity index (χ0) is 4.28. The van der Waals surface area contributed by atoms with E-state index in [2.05, 4.69) is 5.73 Å². The summed E-state index contributed by atoms with van der Waals surface area (Å²) in [4.78, 5) is 9.53. The molecule has 5 heavy (non-hydrogen) atoms. The molecule has 0 saturated heterocycles. The first-order valence-corrected chi connectivity index (χ1v) is 1.36. The molecule has 29 valence electrons. The summed E-state index contributed by atoms with van der Waals surface area (Å²) in [6.07, 6.45) is 1.31. The molecule has 2 nitrogen and oxygen atoms in total. The number of carbonyl (C=O) groups excluding carboxylic acids is 1. The third-order valence-corrected chi connectivity index (χ3v) is 0.285. The van der Waals surface area contributed by atoms with Crippen molar-refractivity contribution in [1.29, 1.82) is 0 Å². The molecular formula is C3H6NO. The van der Waals surface area contributed by atoms with Crippen molar-refractivity contribution >= 4 is 5.91 Å². The van der Waals surface area contributed by atoms with E-state index in [1.54, 1.807) is 6.92 Å². The quantitative estimate of drug-likeness (QED) is 0.454. The van der Waals surface area contributed by atoms with Crippen LogP contribution in [0.1, 0.15) is 6.92 Å². The molecule has 0 unspecified atom stereocenters. The van der Waals surface area contributed by atoms with Crippen molar-refractivity contribution in [2.24, 2.45) is 5.73 Å². The van der Waals surface area contributed by atoms with Gasteiger partial charge < -0.3 is 5.73 Å². The van der Waals surface area contributed by atoms with Crippen molar-refractivity contribution < 1.29 is 4.79 Å². The average Bonchev–Trinajstić information content (AvgIpc) is 1.38. The summed E-state index contributed by atoms with van der Waals surface area (Å²) in [6, 6.07) is 0. The molecule has 0 atom stereocenters. The summed E-state index contributed by atoms with van der Waals surface area (Å²) in [5.74, 6) is -0.370. The smallest absolute Gasteiger partial charge is 0.221 e. The molecule has 0 saturated carbocycles. The van der Waals surface area contributed by atoms with Gasteiger partial charge in [0, 0.05) is 6.42 Å². The predicted molar refractivity (Wildman–Crippen MR) is 19.2 cm³/mol. The Balaban J connectivity index is 2.85. The first kappa shape index (κ1) is 4.47. The van der Waals surface area contributed by atoms with Crippen LogP contribution >= 0.6 is 0 Å². The Bertz CT molecular complexity index is 42.2. The van der Waals surface area contributed by atoms with Crippen molar-refractivity contribution in [2.75, 3.05) is 0 Å². The standard InChI is InChI=1S/C3H6NO/c1-2-3(4)5/h2H,1H3,(H2,4,5). The Labute approximate surface area is 31.0 Å². The monoisotopic (exact) mass is 72.0 g/mol. The van der Waals surface area contributed by atoms with Gasteiger partial charge in [0.2, 0.25) is 5.91 Å². The van der Waals surface area contributed by atoms with Gasteiger partial charge in [-0.2, -0.15) is 0 Å². The first-order chi connectivity index (χ1) is 2.27. The average molecular weight is 72.1 g/mol. The highest BCUT2D eigenvalue weighted by Crippen LogP contribution is 1.60. The van der Waals surface area contributed by atoms with E-state index < -0.39 is 0 Å². The minimum Gasteiger partial charge on any atom is -0.369 e. The lowest BCUT2D eigenvalue weighted by Crippen LogP contribution is -2.07. The van der Waals surface area contributed by atoms with Crippen LogP contribution in [0.3, 0.4) is 0 Å². The van der Waals surface area contributed by atoms with Gasteiger partial charge in [0.1, 0.15) is 0 Å². The van der Waals surface area contributed by atoms with Crippen molar-refractivity contribution in [2.45, 2.75) is 6.92 Å². The van der Waals surface area contributed by atoms with Crippen LogP contribution in [-0.4, -0.2) is 5.91 Å². The SMILES string of the molecule is C[CH]C(N)=O.